The minimum Gasteiger partial charge on any atom is -0.396 e. The molecule has 70 valence electrons. The Labute approximate surface area is 78.6 Å². The first-order chi connectivity index (χ1) is 6.29. The summed E-state index contributed by atoms with van der Waals surface area (Å²) < 4.78 is 0. The second kappa shape index (κ2) is 4.67. The highest BCUT2D eigenvalue weighted by atomic mass is 16.2. The van der Waals surface area contributed by atoms with Crippen LogP contribution in [-0.2, 0) is 6.42 Å². The number of aryl methyl sites for hydroxylation is 1. The van der Waals surface area contributed by atoms with Crippen molar-refractivity contribution in [1.29, 1.82) is 0 Å². The number of aromatic nitrogens is 1. The normalized spacial score (nSPS) is 10.9. The third-order valence-corrected chi connectivity index (χ3v) is 1.99. The topological polar surface area (TPSA) is 36.0 Å². The fourth-order valence-corrected chi connectivity index (χ4v) is 1.32. The highest BCUT2D eigenvalue weighted by molar-refractivity contribution is 5.57. The molecule has 0 fully saturated rings. The molecule has 0 atom stereocenters. The van der Waals surface area contributed by atoms with E-state index in [0.29, 0.717) is 6.42 Å². The Morgan fingerprint density at radius 1 is 1.62 bits per heavy atom. The van der Waals surface area contributed by atoms with Crippen molar-refractivity contribution < 1.29 is 5.11 Å². The molecule has 0 saturated carbocycles. The van der Waals surface area contributed by atoms with Gasteiger partial charge in [-0.2, -0.15) is 0 Å². The SMILES string of the molecule is C=CC=Cc1c(CCO)c[nH]c1C. The van der Waals surface area contributed by atoms with Crippen LogP contribution >= 0.6 is 0 Å². The van der Waals surface area contributed by atoms with Crippen LogP contribution < -0.4 is 0 Å². The van der Waals surface area contributed by atoms with Gasteiger partial charge in [0.15, 0.2) is 0 Å². The van der Waals surface area contributed by atoms with Crippen LogP contribution in [0.1, 0.15) is 16.8 Å². The Morgan fingerprint density at radius 3 is 3.00 bits per heavy atom. The Kier molecular flexibility index (Phi) is 3.53. The van der Waals surface area contributed by atoms with E-state index in [1.54, 1.807) is 6.08 Å². The molecule has 1 rings (SSSR count). The van der Waals surface area contributed by atoms with Crippen LogP contribution in [0.2, 0.25) is 0 Å². The molecule has 0 bridgehead atoms. The summed E-state index contributed by atoms with van der Waals surface area (Å²) in [6.45, 7) is 5.82. The van der Waals surface area contributed by atoms with E-state index in [1.165, 1.54) is 0 Å². The summed E-state index contributed by atoms with van der Waals surface area (Å²) in [5.74, 6) is 0. The molecule has 2 heteroatoms. The van der Waals surface area contributed by atoms with Crippen LogP contribution in [0.4, 0.5) is 0 Å². The maximum atomic E-state index is 8.82. The lowest BCUT2D eigenvalue weighted by molar-refractivity contribution is 0.299. The molecule has 0 unspecified atom stereocenters. The maximum absolute atomic E-state index is 8.82. The zero-order chi connectivity index (χ0) is 9.68. The molecule has 0 aliphatic heterocycles. The van der Waals surface area contributed by atoms with Gasteiger partial charge in [0.2, 0.25) is 0 Å². The molecule has 1 aromatic heterocycles. The molecular weight excluding hydrogens is 162 g/mol. The molecule has 0 aliphatic carbocycles. The third kappa shape index (κ3) is 2.33. The second-order valence-corrected chi connectivity index (χ2v) is 2.92. The number of aromatic amines is 1. The second-order valence-electron chi connectivity index (χ2n) is 2.92. The molecule has 0 spiro atoms. The van der Waals surface area contributed by atoms with Gasteiger partial charge in [0.25, 0.3) is 0 Å². The number of hydrogen-bond acceptors (Lipinski definition) is 1. The molecule has 0 amide bonds. The van der Waals surface area contributed by atoms with Crippen LogP contribution in [-0.4, -0.2) is 16.7 Å². The number of allylic oxidation sites excluding steroid dienone is 2. The van der Waals surface area contributed by atoms with Crippen LogP contribution in [0.15, 0.2) is 24.9 Å². The molecule has 2 N–H and O–H groups in total. The van der Waals surface area contributed by atoms with Gasteiger partial charge in [0.1, 0.15) is 0 Å². The van der Waals surface area contributed by atoms with Crippen molar-refractivity contribution >= 4 is 6.08 Å². The summed E-state index contributed by atoms with van der Waals surface area (Å²) in [7, 11) is 0. The highest BCUT2D eigenvalue weighted by Gasteiger charge is 2.03. The lowest BCUT2D eigenvalue weighted by Crippen LogP contribution is -1.90. The molecule has 0 aliphatic rings. The maximum Gasteiger partial charge on any atom is 0.0472 e. The van der Waals surface area contributed by atoms with Crippen molar-refractivity contribution in [2.45, 2.75) is 13.3 Å². The largest absolute Gasteiger partial charge is 0.396 e. The van der Waals surface area contributed by atoms with Crippen molar-refractivity contribution in [2.75, 3.05) is 6.61 Å². The Hall–Kier alpha value is -1.28. The summed E-state index contributed by atoms with van der Waals surface area (Å²) in [6.07, 6.45) is 8.28. The summed E-state index contributed by atoms with van der Waals surface area (Å²) in [6, 6.07) is 0. The number of hydrogen-bond donors (Lipinski definition) is 2. The van der Waals surface area contributed by atoms with Gasteiger partial charge >= 0.3 is 0 Å². The van der Waals surface area contributed by atoms with Crippen molar-refractivity contribution in [1.82, 2.24) is 4.98 Å². The quantitative estimate of drug-likeness (QED) is 0.678. The van der Waals surface area contributed by atoms with Gasteiger partial charge in [0.05, 0.1) is 0 Å². The van der Waals surface area contributed by atoms with Gasteiger partial charge in [-0.3, -0.25) is 0 Å². The van der Waals surface area contributed by atoms with Crippen molar-refractivity contribution in [3.8, 4) is 0 Å². The fraction of sp³-hybridized carbons (Fsp3) is 0.273. The minimum atomic E-state index is 0.187. The highest BCUT2D eigenvalue weighted by Crippen LogP contribution is 2.15. The van der Waals surface area contributed by atoms with Gasteiger partial charge < -0.3 is 10.1 Å². The summed E-state index contributed by atoms with van der Waals surface area (Å²) in [4.78, 5) is 3.13. The Morgan fingerprint density at radius 2 is 2.38 bits per heavy atom. The van der Waals surface area contributed by atoms with Crippen LogP contribution in [0.3, 0.4) is 0 Å². The van der Waals surface area contributed by atoms with Crippen LogP contribution in [0.25, 0.3) is 6.08 Å². The molecular formula is C11H15NO. The van der Waals surface area contributed by atoms with E-state index in [1.807, 2.05) is 25.3 Å². The van der Waals surface area contributed by atoms with Gasteiger partial charge in [-0.15, -0.1) is 0 Å². The average molecular weight is 177 g/mol. The first kappa shape index (κ1) is 9.81. The van der Waals surface area contributed by atoms with E-state index in [2.05, 4.69) is 11.6 Å². The lowest BCUT2D eigenvalue weighted by Gasteiger charge is -1.96. The summed E-state index contributed by atoms with van der Waals surface area (Å²) in [5.41, 5.74) is 3.44. The molecule has 13 heavy (non-hydrogen) atoms. The Bertz CT molecular complexity index is 310. The lowest BCUT2D eigenvalue weighted by atomic mass is 10.1. The van der Waals surface area contributed by atoms with Gasteiger partial charge in [-0.25, -0.2) is 0 Å². The van der Waals surface area contributed by atoms with Gasteiger partial charge in [-0.1, -0.05) is 24.8 Å². The van der Waals surface area contributed by atoms with E-state index in [-0.39, 0.29) is 6.61 Å². The van der Waals surface area contributed by atoms with E-state index in [9.17, 15) is 0 Å². The number of aliphatic hydroxyl groups excluding tert-OH is 1. The number of nitrogens with one attached hydrogen (secondary N) is 1. The minimum absolute atomic E-state index is 0.187. The van der Waals surface area contributed by atoms with Crippen molar-refractivity contribution in [3.05, 3.63) is 41.7 Å². The number of rotatable bonds is 4. The van der Waals surface area contributed by atoms with Crippen LogP contribution in [0.5, 0.6) is 0 Å². The summed E-state index contributed by atoms with van der Waals surface area (Å²) >= 11 is 0. The van der Waals surface area contributed by atoms with E-state index in [4.69, 9.17) is 5.11 Å². The molecule has 0 radical (unpaired) electrons. The van der Waals surface area contributed by atoms with Gasteiger partial charge in [0, 0.05) is 18.5 Å². The Balaban J connectivity index is 2.93. The van der Waals surface area contributed by atoms with Gasteiger partial charge in [-0.05, 0) is 24.5 Å². The first-order valence-electron chi connectivity index (χ1n) is 4.36. The molecule has 1 heterocycles. The van der Waals surface area contributed by atoms with Crippen LogP contribution in [0, 0.1) is 6.92 Å². The summed E-state index contributed by atoms with van der Waals surface area (Å²) in [5, 5.41) is 8.82. The van der Waals surface area contributed by atoms with E-state index in [0.717, 1.165) is 16.8 Å². The first-order valence-corrected chi connectivity index (χ1v) is 4.36. The average Bonchev–Trinajstić information content (AvgIpc) is 2.45. The van der Waals surface area contributed by atoms with E-state index >= 15 is 0 Å². The zero-order valence-electron chi connectivity index (χ0n) is 7.88. The predicted molar refractivity (Wildman–Crippen MR) is 55.6 cm³/mol. The van der Waals surface area contributed by atoms with Crippen molar-refractivity contribution in [3.63, 3.8) is 0 Å². The zero-order valence-corrected chi connectivity index (χ0v) is 7.88. The predicted octanol–water partition coefficient (Wildman–Crippen LogP) is 2.06. The molecule has 2 nitrogen and oxygen atoms in total. The molecule has 0 aromatic carbocycles. The fourth-order valence-electron chi connectivity index (χ4n) is 1.32. The number of H-pyrrole nitrogens is 1. The molecule has 0 saturated heterocycles. The van der Waals surface area contributed by atoms with E-state index < -0.39 is 0 Å². The number of aliphatic hydroxyl groups is 1. The monoisotopic (exact) mass is 177 g/mol. The third-order valence-electron chi connectivity index (χ3n) is 1.99. The molecule has 1 aromatic rings. The standard InChI is InChI=1S/C11H15NO/c1-3-4-5-11-9(2)12-8-10(11)6-7-13/h3-5,8,12-13H,1,6-7H2,2H3. The van der Waals surface area contributed by atoms with Crippen molar-refractivity contribution in [2.24, 2.45) is 0 Å². The smallest absolute Gasteiger partial charge is 0.0472 e.